The molecule has 6 nitrogen and oxygen atoms in total. The van der Waals surface area contributed by atoms with Crippen molar-refractivity contribution < 1.29 is 17.6 Å². The van der Waals surface area contributed by atoms with Crippen molar-refractivity contribution >= 4 is 38.9 Å². The molecule has 0 unspecified atom stereocenters. The van der Waals surface area contributed by atoms with Crippen LogP contribution in [-0.2, 0) is 27.8 Å². The van der Waals surface area contributed by atoms with Crippen molar-refractivity contribution in [1.29, 1.82) is 0 Å². The topological polar surface area (TPSA) is 78.5 Å². The van der Waals surface area contributed by atoms with E-state index < -0.39 is 21.7 Å². The lowest BCUT2D eigenvalue weighted by molar-refractivity contribution is -0.114. The van der Waals surface area contributed by atoms with Gasteiger partial charge in [0.2, 0.25) is 15.9 Å². The third-order valence-electron chi connectivity index (χ3n) is 4.63. The molecule has 0 aliphatic carbocycles. The van der Waals surface area contributed by atoms with Gasteiger partial charge in [0.1, 0.15) is 5.82 Å². The smallest absolute Gasteiger partial charge is 0.243 e. The van der Waals surface area contributed by atoms with Crippen LogP contribution in [0.2, 0.25) is 5.02 Å². The van der Waals surface area contributed by atoms with E-state index >= 15 is 0 Å². The van der Waals surface area contributed by atoms with Gasteiger partial charge in [0.15, 0.2) is 0 Å². The van der Waals surface area contributed by atoms with Gasteiger partial charge in [0.05, 0.1) is 18.0 Å². The summed E-state index contributed by atoms with van der Waals surface area (Å²) in [6.45, 7) is 2.30. The maximum Gasteiger partial charge on any atom is 0.243 e. The maximum atomic E-state index is 13.7. The molecule has 0 aromatic heterocycles. The molecule has 28 heavy (non-hydrogen) atoms. The Balaban J connectivity index is 1.67. The second-order valence-corrected chi connectivity index (χ2v) is 9.15. The first kappa shape index (κ1) is 20.6. The van der Waals surface area contributed by atoms with Crippen LogP contribution >= 0.6 is 11.6 Å². The molecular weight excluding hydrogens is 405 g/mol. The van der Waals surface area contributed by atoms with E-state index in [2.05, 4.69) is 10.6 Å². The summed E-state index contributed by atoms with van der Waals surface area (Å²) in [4.78, 5) is 12.2. The monoisotopic (exact) mass is 425 g/mol. The standard InChI is InChI=1S/C19H21ClFN3O3S/c1-2-28(26,27)24-9-8-15-13(12-24)4-3-5-17(15)22-11-19(25)23-18-10-14(20)6-7-16(18)21/h3-7,10,22H,2,8-9,11-12H2,1H3,(H,23,25). The Bertz CT molecular complexity index is 998. The molecule has 3 rings (SSSR count). The minimum Gasteiger partial charge on any atom is -0.376 e. The van der Waals surface area contributed by atoms with Crippen LogP contribution in [0.25, 0.3) is 0 Å². The van der Waals surface area contributed by atoms with E-state index in [9.17, 15) is 17.6 Å². The molecule has 1 aliphatic rings. The molecule has 0 atom stereocenters. The number of hydrogen-bond acceptors (Lipinski definition) is 4. The van der Waals surface area contributed by atoms with Crippen LogP contribution < -0.4 is 10.6 Å². The van der Waals surface area contributed by atoms with Crippen LogP contribution in [0.4, 0.5) is 15.8 Å². The summed E-state index contributed by atoms with van der Waals surface area (Å²) in [5.74, 6) is -0.905. The zero-order valence-corrected chi connectivity index (χ0v) is 16.9. The van der Waals surface area contributed by atoms with Gasteiger partial charge in [0.25, 0.3) is 0 Å². The number of benzene rings is 2. The number of anilines is 2. The van der Waals surface area contributed by atoms with Gasteiger partial charge < -0.3 is 10.6 Å². The summed E-state index contributed by atoms with van der Waals surface area (Å²) in [5.41, 5.74) is 2.70. The van der Waals surface area contributed by atoms with Gasteiger partial charge >= 0.3 is 0 Å². The van der Waals surface area contributed by atoms with Crippen LogP contribution in [0.15, 0.2) is 36.4 Å². The van der Waals surface area contributed by atoms with Crippen LogP contribution in [0.5, 0.6) is 0 Å². The Morgan fingerprint density at radius 2 is 2.04 bits per heavy atom. The van der Waals surface area contributed by atoms with E-state index in [0.29, 0.717) is 24.5 Å². The summed E-state index contributed by atoms with van der Waals surface area (Å²) >= 11 is 5.83. The summed E-state index contributed by atoms with van der Waals surface area (Å²) in [6, 6.07) is 9.49. The number of halogens is 2. The maximum absolute atomic E-state index is 13.7. The largest absolute Gasteiger partial charge is 0.376 e. The van der Waals surface area contributed by atoms with E-state index in [-0.39, 0.29) is 18.0 Å². The first-order chi connectivity index (χ1) is 13.3. The lowest BCUT2D eigenvalue weighted by atomic mass is 9.99. The molecule has 1 aliphatic heterocycles. The highest BCUT2D eigenvalue weighted by molar-refractivity contribution is 7.89. The Labute approximate surface area is 168 Å². The fourth-order valence-electron chi connectivity index (χ4n) is 3.13. The highest BCUT2D eigenvalue weighted by Crippen LogP contribution is 2.27. The lowest BCUT2D eigenvalue weighted by Crippen LogP contribution is -2.37. The Morgan fingerprint density at radius 1 is 1.25 bits per heavy atom. The lowest BCUT2D eigenvalue weighted by Gasteiger charge is -2.29. The molecule has 0 radical (unpaired) electrons. The zero-order valence-electron chi connectivity index (χ0n) is 15.3. The van der Waals surface area contributed by atoms with Gasteiger partial charge in [-0.15, -0.1) is 0 Å². The molecule has 2 N–H and O–H groups in total. The Hall–Kier alpha value is -2.16. The van der Waals surface area contributed by atoms with E-state index in [1.807, 2.05) is 18.2 Å². The molecule has 1 amide bonds. The fraction of sp³-hybridized carbons (Fsp3) is 0.316. The summed E-state index contributed by atoms with van der Waals surface area (Å²) in [5, 5.41) is 5.87. The van der Waals surface area contributed by atoms with Gasteiger partial charge in [-0.2, -0.15) is 4.31 Å². The Kier molecular flexibility index (Phi) is 6.22. The predicted molar refractivity (Wildman–Crippen MR) is 109 cm³/mol. The van der Waals surface area contributed by atoms with Gasteiger partial charge in [-0.25, -0.2) is 12.8 Å². The van der Waals surface area contributed by atoms with Gasteiger partial charge in [-0.05, 0) is 48.7 Å². The number of carbonyl (C=O) groups excluding carboxylic acids is 1. The van der Waals surface area contributed by atoms with Crippen molar-refractivity contribution in [3.05, 3.63) is 58.4 Å². The quantitative estimate of drug-likeness (QED) is 0.744. The summed E-state index contributed by atoms with van der Waals surface area (Å²) in [7, 11) is -3.24. The van der Waals surface area contributed by atoms with E-state index in [1.165, 1.54) is 22.5 Å². The number of nitrogens with zero attached hydrogens (tertiary/aromatic N) is 1. The predicted octanol–water partition coefficient (Wildman–Crippen LogP) is 3.24. The SMILES string of the molecule is CCS(=O)(=O)N1CCc2c(cccc2NCC(=O)Nc2cc(Cl)ccc2F)C1. The number of carbonyl (C=O) groups is 1. The first-order valence-corrected chi connectivity index (χ1v) is 10.9. The van der Waals surface area contributed by atoms with Crippen molar-refractivity contribution in [3.63, 3.8) is 0 Å². The molecule has 2 aromatic rings. The van der Waals surface area contributed by atoms with Crippen molar-refractivity contribution in [2.45, 2.75) is 19.9 Å². The molecule has 1 heterocycles. The normalized spacial score (nSPS) is 14.4. The average molecular weight is 426 g/mol. The van der Waals surface area contributed by atoms with Crippen LogP contribution in [0.1, 0.15) is 18.1 Å². The third kappa shape index (κ3) is 4.63. The highest BCUT2D eigenvalue weighted by atomic mass is 35.5. The molecule has 2 aromatic carbocycles. The van der Waals surface area contributed by atoms with Crippen LogP contribution in [0, 0.1) is 5.82 Å². The number of amides is 1. The Morgan fingerprint density at radius 3 is 2.79 bits per heavy atom. The first-order valence-electron chi connectivity index (χ1n) is 8.87. The molecule has 0 saturated carbocycles. The number of nitrogens with one attached hydrogen (secondary N) is 2. The van der Waals surface area contributed by atoms with Crippen molar-refractivity contribution in [2.24, 2.45) is 0 Å². The molecular formula is C19H21ClFN3O3S. The zero-order chi connectivity index (χ0) is 20.3. The molecule has 0 bridgehead atoms. The number of hydrogen-bond donors (Lipinski definition) is 2. The van der Waals surface area contributed by atoms with Gasteiger partial charge in [-0.1, -0.05) is 23.7 Å². The molecule has 0 fully saturated rings. The molecule has 0 saturated heterocycles. The van der Waals surface area contributed by atoms with E-state index in [4.69, 9.17) is 11.6 Å². The summed E-state index contributed by atoms with van der Waals surface area (Å²) in [6.07, 6.45) is 0.558. The fourth-order valence-corrected chi connectivity index (χ4v) is 4.37. The number of sulfonamides is 1. The number of fused-ring (bicyclic) bond motifs is 1. The molecule has 9 heteroatoms. The highest BCUT2D eigenvalue weighted by Gasteiger charge is 2.26. The average Bonchev–Trinajstić information content (AvgIpc) is 2.68. The minimum atomic E-state index is -3.24. The molecule has 0 spiro atoms. The van der Waals surface area contributed by atoms with Crippen LogP contribution in [0.3, 0.4) is 0 Å². The second kappa shape index (κ2) is 8.46. The van der Waals surface area contributed by atoms with Gasteiger partial charge in [-0.3, -0.25) is 4.79 Å². The third-order valence-corrected chi connectivity index (χ3v) is 6.69. The van der Waals surface area contributed by atoms with Crippen LogP contribution in [-0.4, -0.2) is 37.5 Å². The summed E-state index contributed by atoms with van der Waals surface area (Å²) < 4.78 is 39.4. The molecule has 150 valence electrons. The van der Waals surface area contributed by atoms with E-state index in [0.717, 1.165) is 16.8 Å². The van der Waals surface area contributed by atoms with Gasteiger partial charge in [0, 0.05) is 23.8 Å². The minimum absolute atomic E-state index is 0.0230. The van der Waals surface area contributed by atoms with Crippen molar-refractivity contribution in [2.75, 3.05) is 29.5 Å². The van der Waals surface area contributed by atoms with Crippen molar-refractivity contribution in [3.8, 4) is 0 Å². The number of rotatable bonds is 6. The second-order valence-electron chi connectivity index (χ2n) is 6.45. The van der Waals surface area contributed by atoms with E-state index in [1.54, 1.807) is 6.92 Å². The van der Waals surface area contributed by atoms with Crippen molar-refractivity contribution in [1.82, 2.24) is 4.31 Å².